The Hall–Kier alpha value is -2.22. The molecular weight excluding hydrogens is 266 g/mol. The Balaban J connectivity index is 2.10. The van der Waals surface area contributed by atoms with Crippen LogP contribution in [0.4, 0.5) is 5.88 Å². The molecule has 5 nitrogen and oxygen atoms in total. The summed E-state index contributed by atoms with van der Waals surface area (Å²) in [4.78, 5) is 14.0. The lowest BCUT2D eigenvalue weighted by molar-refractivity contribution is -0.117. The number of nitriles is 1. The predicted molar refractivity (Wildman–Crippen MR) is 81.6 cm³/mol. The summed E-state index contributed by atoms with van der Waals surface area (Å²) in [6.45, 7) is 5.70. The normalized spacial score (nSPS) is 15.9. The summed E-state index contributed by atoms with van der Waals surface area (Å²) in [6.07, 6.45) is 5.10. The molecule has 112 valence electrons. The van der Waals surface area contributed by atoms with Crippen LogP contribution < -0.4 is 10.2 Å². The number of anilines is 1. The zero-order valence-corrected chi connectivity index (χ0v) is 12.6. The number of amides is 1. The van der Waals surface area contributed by atoms with Gasteiger partial charge in [-0.1, -0.05) is 0 Å². The average molecular weight is 287 g/mol. The molecule has 1 aliphatic heterocycles. The van der Waals surface area contributed by atoms with E-state index in [9.17, 15) is 4.79 Å². The number of nitrogens with one attached hydrogen (secondary N) is 1. The predicted octanol–water partition coefficient (Wildman–Crippen LogP) is 2.70. The standard InChI is InChI=1S/C16H21N3O2/c1-12(2)18-16(20)13(11-17)10-14-6-7-15(21-14)19-8-4-3-5-9-19/h6-7,10,12H,3-5,8-9H2,1-2H3,(H,18,20)/b13-10-. The molecule has 1 aromatic heterocycles. The van der Waals surface area contributed by atoms with Crippen molar-refractivity contribution in [1.82, 2.24) is 5.32 Å². The smallest absolute Gasteiger partial charge is 0.262 e. The van der Waals surface area contributed by atoms with Crippen LogP contribution in [-0.4, -0.2) is 25.0 Å². The van der Waals surface area contributed by atoms with E-state index < -0.39 is 0 Å². The number of rotatable bonds is 4. The number of piperidine rings is 1. The Morgan fingerprint density at radius 2 is 2.10 bits per heavy atom. The maximum absolute atomic E-state index is 11.8. The van der Waals surface area contributed by atoms with Crippen LogP contribution in [0, 0.1) is 11.3 Å². The van der Waals surface area contributed by atoms with Gasteiger partial charge < -0.3 is 14.6 Å². The first-order valence-corrected chi connectivity index (χ1v) is 7.37. The summed E-state index contributed by atoms with van der Waals surface area (Å²) < 4.78 is 5.73. The molecule has 1 fully saturated rings. The van der Waals surface area contributed by atoms with E-state index in [4.69, 9.17) is 9.68 Å². The van der Waals surface area contributed by atoms with Gasteiger partial charge in [-0.05, 0) is 39.2 Å². The molecule has 1 aliphatic rings. The first kappa shape index (κ1) is 15.2. The minimum atomic E-state index is -0.372. The zero-order valence-electron chi connectivity index (χ0n) is 12.6. The fourth-order valence-corrected chi connectivity index (χ4v) is 2.33. The number of furan rings is 1. The van der Waals surface area contributed by atoms with Gasteiger partial charge in [0.2, 0.25) is 0 Å². The topological polar surface area (TPSA) is 69.3 Å². The van der Waals surface area contributed by atoms with Crippen molar-refractivity contribution in [2.75, 3.05) is 18.0 Å². The highest BCUT2D eigenvalue weighted by Crippen LogP contribution is 2.23. The molecule has 1 amide bonds. The lowest BCUT2D eigenvalue weighted by Crippen LogP contribution is -2.30. The molecule has 1 saturated heterocycles. The van der Waals surface area contributed by atoms with Crippen LogP contribution in [0.25, 0.3) is 6.08 Å². The van der Waals surface area contributed by atoms with E-state index in [1.807, 2.05) is 26.0 Å². The van der Waals surface area contributed by atoms with Crippen LogP contribution in [0.1, 0.15) is 38.9 Å². The van der Waals surface area contributed by atoms with Crippen LogP contribution in [0.15, 0.2) is 22.1 Å². The quantitative estimate of drug-likeness (QED) is 0.683. The van der Waals surface area contributed by atoms with E-state index in [0.717, 1.165) is 19.0 Å². The molecule has 21 heavy (non-hydrogen) atoms. The largest absolute Gasteiger partial charge is 0.441 e. The summed E-state index contributed by atoms with van der Waals surface area (Å²) in [6, 6.07) is 5.61. The second kappa shape index (κ2) is 6.98. The number of carbonyl (C=O) groups is 1. The summed E-state index contributed by atoms with van der Waals surface area (Å²) in [7, 11) is 0. The minimum Gasteiger partial charge on any atom is -0.441 e. The molecule has 0 saturated carbocycles. The zero-order chi connectivity index (χ0) is 15.2. The molecule has 0 aliphatic carbocycles. The van der Waals surface area contributed by atoms with Crippen LogP contribution >= 0.6 is 0 Å². The van der Waals surface area contributed by atoms with Gasteiger partial charge in [0, 0.05) is 31.3 Å². The molecule has 0 spiro atoms. The van der Waals surface area contributed by atoms with Crippen molar-refractivity contribution in [3.05, 3.63) is 23.5 Å². The van der Waals surface area contributed by atoms with Gasteiger partial charge in [-0.3, -0.25) is 4.79 Å². The van der Waals surface area contributed by atoms with E-state index in [1.54, 1.807) is 6.07 Å². The van der Waals surface area contributed by atoms with Crippen molar-refractivity contribution < 1.29 is 9.21 Å². The summed E-state index contributed by atoms with van der Waals surface area (Å²) in [5.41, 5.74) is 0.0586. The molecule has 2 rings (SSSR count). The van der Waals surface area contributed by atoms with Crippen LogP contribution in [0.3, 0.4) is 0 Å². The number of hydrogen-bond donors (Lipinski definition) is 1. The van der Waals surface area contributed by atoms with Gasteiger partial charge in [-0.25, -0.2) is 0 Å². The van der Waals surface area contributed by atoms with E-state index in [-0.39, 0.29) is 17.5 Å². The van der Waals surface area contributed by atoms with Crippen molar-refractivity contribution in [2.45, 2.75) is 39.2 Å². The SMILES string of the molecule is CC(C)NC(=O)/C(C#N)=C\c1ccc(N2CCCCC2)o1. The van der Waals surface area contributed by atoms with Crippen molar-refractivity contribution >= 4 is 17.9 Å². The second-order valence-corrected chi connectivity index (χ2v) is 5.52. The Kier molecular flexibility index (Phi) is 5.04. The lowest BCUT2D eigenvalue weighted by Gasteiger charge is -2.25. The number of carbonyl (C=O) groups excluding carboxylic acids is 1. The van der Waals surface area contributed by atoms with Crippen molar-refractivity contribution in [3.63, 3.8) is 0 Å². The Labute approximate surface area is 125 Å². The third-order valence-corrected chi connectivity index (χ3v) is 3.35. The molecular formula is C16H21N3O2. The Bertz CT molecular complexity index is 560. The van der Waals surface area contributed by atoms with Gasteiger partial charge in [0.15, 0.2) is 5.88 Å². The van der Waals surface area contributed by atoms with E-state index in [1.165, 1.54) is 25.3 Å². The maximum atomic E-state index is 11.8. The molecule has 2 heterocycles. The van der Waals surface area contributed by atoms with Gasteiger partial charge in [0.25, 0.3) is 5.91 Å². The molecule has 0 aromatic carbocycles. The van der Waals surface area contributed by atoms with Gasteiger partial charge in [0.05, 0.1) is 0 Å². The summed E-state index contributed by atoms with van der Waals surface area (Å²) in [5, 5.41) is 11.8. The highest BCUT2D eigenvalue weighted by atomic mass is 16.4. The molecule has 5 heteroatoms. The monoisotopic (exact) mass is 287 g/mol. The van der Waals surface area contributed by atoms with E-state index >= 15 is 0 Å². The molecule has 0 radical (unpaired) electrons. The van der Waals surface area contributed by atoms with Gasteiger partial charge in [0.1, 0.15) is 17.4 Å². The first-order chi connectivity index (χ1) is 10.1. The van der Waals surface area contributed by atoms with Crippen molar-refractivity contribution in [2.24, 2.45) is 0 Å². The lowest BCUT2D eigenvalue weighted by atomic mass is 10.1. The van der Waals surface area contributed by atoms with Gasteiger partial charge in [-0.15, -0.1) is 0 Å². The maximum Gasteiger partial charge on any atom is 0.262 e. The molecule has 1 N–H and O–H groups in total. The Morgan fingerprint density at radius 3 is 2.71 bits per heavy atom. The molecule has 0 atom stereocenters. The van der Waals surface area contributed by atoms with Crippen LogP contribution in [0.2, 0.25) is 0 Å². The highest BCUT2D eigenvalue weighted by Gasteiger charge is 2.15. The van der Waals surface area contributed by atoms with Crippen LogP contribution in [0.5, 0.6) is 0 Å². The number of hydrogen-bond acceptors (Lipinski definition) is 4. The minimum absolute atomic E-state index is 0.00485. The van der Waals surface area contributed by atoms with E-state index in [0.29, 0.717) is 5.76 Å². The highest BCUT2D eigenvalue weighted by molar-refractivity contribution is 6.01. The van der Waals surface area contributed by atoms with Crippen molar-refractivity contribution in [3.8, 4) is 6.07 Å². The third-order valence-electron chi connectivity index (χ3n) is 3.35. The first-order valence-electron chi connectivity index (χ1n) is 7.37. The molecule has 1 aromatic rings. The Morgan fingerprint density at radius 1 is 1.38 bits per heavy atom. The fourth-order valence-electron chi connectivity index (χ4n) is 2.33. The second-order valence-electron chi connectivity index (χ2n) is 5.52. The summed E-state index contributed by atoms with van der Waals surface area (Å²) in [5.74, 6) is 0.969. The number of nitrogens with zero attached hydrogens (tertiary/aromatic N) is 2. The van der Waals surface area contributed by atoms with E-state index in [2.05, 4.69) is 10.2 Å². The van der Waals surface area contributed by atoms with Gasteiger partial charge in [-0.2, -0.15) is 5.26 Å². The van der Waals surface area contributed by atoms with Crippen LogP contribution in [-0.2, 0) is 4.79 Å². The van der Waals surface area contributed by atoms with Gasteiger partial charge >= 0.3 is 0 Å². The molecule has 0 bridgehead atoms. The third kappa shape index (κ3) is 4.12. The average Bonchev–Trinajstić information content (AvgIpc) is 2.93. The fraction of sp³-hybridized carbons (Fsp3) is 0.500. The van der Waals surface area contributed by atoms with Crippen molar-refractivity contribution in [1.29, 1.82) is 5.26 Å². The summed E-state index contributed by atoms with van der Waals surface area (Å²) >= 11 is 0. The molecule has 0 unspecified atom stereocenters.